The Balaban J connectivity index is 1.69. The zero-order valence-electron chi connectivity index (χ0n) is 16.5. The van der Waals surface area contributed by atoms with Crippen molar-refractivity contribution in [1.29, 1.82) is 0 Å². The van der Waals surface area contributed by atoms with Gasteiger partial charge in [0.25, 0.3) is 0 Å². The van der Waals surface area contributed by atoms with Gasteiger partial charge in [0.1, 0.15) is 0 Å². The first-order valence-electron chi connectivity index (χ1n) is 9.72. The van der Waals surface area contributed by atoms with E-state index in [1.165, 1.54) is 23.0 Å². The van der Waals surface area contributed by atoms with Crippen molar-refractivity contribution in [3.63, 3.8) is 0 Å². The zero-order chi connectivity index (χ0) is 20.1. The van der Waals surface area contributed by atoms with Crippen LogP contribution in [0.2, 0.25) is 0 Å². The number of rotatable bonds is 3. The highest BCUT2D eigenvalue weighted by Crippen LogP contribution is 2.34. The first-order chi connectivity index (χ1) is 14.0. The van der Waals surface area contributed by atoms with E-state index in [-0.39, 0.29) is 5.69 Å². The van der Waals surface area contributed by atoms with Crippen molar-refractivity contribution >= 4 is 16.9 Å². The van der Waals surface area contributed by atoms with Gasteiger partial charge in [-0.3, -0.25) is 4.40 Å². The molecule has 1 fully saturated rings. The quantitative estimate of drug-likeness (QED) is 0.585. The summed E-state index contributed by atoms with van der Waals surface area (Å²) in [6, 6.07) is 11.9. The number of aryl methyl sites for hydroxylation is 2. The van der Waals surface area contributed by atoms with E-state index >= 15 is 0 Å². The molecule has 146 valence electrons. The minimum atomic E-state index is -0.245. The molecule has 0 amide bonds. The van der Waals surface area contributed by atoms with Gasteiger partial charge in [-0.05, 0) is 55.7 Å². The minimum absolute atomic E-state index is 0.245. The smallest absolute Gasteiger partial charge is 0.355 e. The van der Waals surface area contributed by atoms with Crippen LogP contribution in [0.5, 0.6) is 0 Å². The second-order valence-corrected chi connectivity index (χ2v) is 7.49. The number of pyridine rings is 1. The summed E-state index contributed by atoms with van der Waals surface area (Å²) in [4.78, 5) is 19.8. The Morgan fingerprint density at radius 2 is 1.90 bits per heavy atom. The van der Waals surface area contributed by atoms with E-state index in [1.807, 2.05) is 13.8 Å². The Morgan fingerprint density at radius 1 is 1.07 bits per heavy atom. The molecule has 0 bridgehead atoms. The summed E-state index contributed by atoms with van der Waals surface area (Å²) in [6.07, 6.45) is 4.49. The molecule has 1 saturated heterocycles. The predicted molar refractivity (Wildman–Crippen MR) is 115 cm³/mol. The third-order valence-electron chi connectivity index (χ3n) is 5.71. The molecule has 1 aliphatic rings. The highest BCUT2D eigenvalue weighted by molar-refractivity contribution is 5.80. The number of nitrogens with two attached hydrogens (primary N) is 1. The Bertz CT molecular complexity index is 1280. The molecule has 5 rings (SSSR count). The maximum atomic E-state index is 13.2. The van der Waals surface area contributed by atoms with Crippen molar-refractivity contribution in [2.24, 2.45) is 0 Å². The second-order valence-electron chi connectivity index (χ2n) is 7.49. The topological polar surface area (TPSA) is 81.5 Å². The molecule has 4 aromatic rings. The molecule has 1 aliphatic heterocycles. The van der Waals surface area contributed by atoms with Gasteiger partial charge in [-0.25, -0.2) is 9.78 Å². The lowest BCUT2D eigenvalue weighted by molar-refractivity contribution is 0.618. The molecule has 29 heavy (non-hydrogen) atoms. The molecule has 0 atom stereocenters. The number of nitrogens with zero attached hydrogens (tertiary/aromatic N) is 5. The van der Waals surface area contributed by atoms with Gasteiger partial charge in [-0.1, -0.05) is 12.1 Å². The van der Waals surface area contributed by atoms with Gasteiger partial charge < -0.3 is 10.6 Å². The summed E-state index contributed by atoms with van der Waals surface area (Å²) in [6.45, 7) is 6.22. The molecule has 0 spiro atoms. The maximum absolute atomic E-state index is 13.2. The number of anilines is 2. The molecule has 7 heteroatoms. The van der Waals surface area contributed by atoms with E-state index in [0.29, 0.717) is 11.5 Å². The molecule has 4 heterocycles. The molecule has 0 unspecified atom stereocenters. The van der Waals surface area contributed by atoms with Crippen molar-refractivity contribution in [1.82, 2.24) is 19.2 Å². The number of nitrogen functional groups attached to an aromatic ring is 1. The summed E-state index contributed by atoms with van der Waals surface area (Å²) in [5.74, 6) is 0.443. The summed E-state index contributed by atoms with van der Waals surface area (Å²) in [5, 5.41) is 4.36. The van der Waals surface area contributed by atoms with Crippen LogP contribution >= 0.6 is 0 Å². The van der Waals surface area contributed by atoms with Gasteiger partial charge in [-0.15, -0.1) is 0 Å². The third kappa shape index (κ3) is 2.69. The number of fused-ring (bicyclic) bond motifs is 1. The van der Waals surface area contributed by atoms with Crippen LogP contribution in [-0.4, -0.2) is 32.3 Å². The van der Waals surface area contributed by atoms with Crippen LogP contribution in [0.1, 0.15) is 17.7 Å². The zero-order valence-corrected chi connectivity index (χ0v) is 16.5. The normalized spacial score (nSPS) is 13.7. The highest BCUT2D eigenvalue weighted by Gasteiger charge is 2.20. The third-order valence-corrected chi connectivity index (χ3v) is 5.71. The van der Waals surface area contributed by atoms with Gasteiger partial charge in [0.2, 0.25) is 0 Å². The number of hydrogen-bond acceptors (Lipinski definition) is 5. The standard InChI is InChI=1S/C22H22N6O/c1-14-19-13-25-28(20-8-7-17(23)12-24-20)22(29)27(19)15(2)21(14)16-5-3-6-18(11-16)26-9-4-10-26/h3,5-8,11-13H,4,9-10,23H2,1-2H3. The van der Waals surface area contributed by atoms with Crippen LogP contribution in [0.25, 0.3) is 22.5 Å². The molecule has 3 aromatic heterocycles. The molecular weight excluding hydrogens is 364 g/mol. The van der Waals surface area contributed by atoms with Crippen molar-refractivity contribution in [2.75, 3.05) is 23.7 Å². The van der Waals surface area contributed by atoms with E-state index in [1.54, 1.807) is 22.7 Å². The molecule has 0 radical (unpaired) electrons. The number of benzene rings is 1. The summed E-state index contributed by atoms with van der Waals surface area (Å²) < 4.78 is 3.02. The Labute approximate surface area is 168 Å². The number of aromatic nitrogens is 4. The van der Waals surface area contributed by atoms with E-state index < -0.39 is 0 Å². The second kappa shape index (κ2) is 6.48. The monoisotopic (exact) mass is 386 g/mol. The molecule has 7 nitrogen and oxygen atoms in total. The molecule has 1 aromatic carbocycles. The summed E-state index contributed by atoms with van der Waals surface area (Å²) in [5.41, 5.74) is 12.2. The average Bonchev–Trinajstić information content (AvgIpc) is 2.93. The Hall–Kier alpha value is -3.61. The van der Waals surface area contributed by atoms with E-state index in [0.717, 1.165) is 41.0 Å². The van der Waals surface area contributed by atoms with Gasteiger partial charge in [0.05, 0.1) is 23.6 Å². The SMILES string of the molecule is Cc1c(-c2cccc(N3CCC3)c2)c(C)n2c(=O)n(-c3ccc(N)cn3)ncc12. The van der Waals surface area contributed by atoms with E-state index in [9.17, 15) is 4.79 Å². The molecular formula is C22H22N6O. The van der Waals surface area contributed by atoms with Crippen molar-refractivity contribution in [3.8, 4) is 16.9 Å². The van der Waals surface area contributed by atoms with Crippen molar-refractivity contribution in [3.05, 3.63) is 70.5 Å². The van der Waals surface area contributed by atoms with E-state index in [2.05, 4.69) is 39.2 Å². The minimum Gasteiger partial charge on any atom is -0.397 e. The van der Waals surface area contributed by atoms with Gasteiger partial charge in [0.15, 0.2) is 5.82 Å². The fraction of sp³-hybridized carbons (Fsp3) is 0.227. The number of hydrogen-bond donors (Lipinski definition) is 1. The fourth-order valence-corrected chi connectivity index (χ4v) is 4.06. The summed E-state index contributed by atoms with van der Waals surface area (Å²) >= 11 is 0. The lowest BCUT2D eigenvalue weighted by Gasteiger charge is -2.33. The van der Waals surface area contributed by atoms with Gasteiger partial charge in [0, 0.05) is 30.0 Å². The van der Waals surface area contributed by atoms with Gasteiger partial charge in [-0.2, -0.15) is 9.78 Å². The largest absolute Gasteiger partial charge is 0.397 e. The van der Waals surface area contributed by atoms with Crippen LogP contribution in [0.3, 0.4) is 0 Å². The Morgan fingerprint density at radius 3 is 2.59 bits per heavy atom. The lowest BCUT2D eigenvalue weighted by atomic mass is 10.0. The van der Waals surface area contributed by atoms with E-state index in [4.69, 9.17) is 5.73 Å². The first kappa shape index (κ1) is 17.5. The fourth-order valence-electron chi connectivity index (χ4n) is 4.06. The van der Waals surface area contributed by atoms with Crippen LogP contribution in [-0.2, 0) is 0 Å². The van der Waals surface area contributed by atoms with Crippen LogP contribution in [0.15, 0.2) is 53.6 Å². The van der Waals surface area contributed by atoms with Crippen LogP contribution in [0.4, 0.5) is 11.4 Å². The average molecular weight is 386 g/mol. The van der Waals surface area contributed by atoms with Crippen LogP contribution in [0, 0.1) is 13.8 Å². The molecule has 0 saturated carbocycles. The maximum Gasteiger partial charge on any atom is 0.355 e. The Kier molecular flexibility index (Phi) is 3.91. The predicted octanol–water partition coefficient (Wildman–Crippen LogP) is 2.96. The summed E-state index contributed by atoms with van der Waals surface area (Å²) in [7, 11) is 0. The van der Waals surface area contributed by atoms with Crippen molar-refractivity contribution in [2.45, 2.75) is 20.3 Å². The highest BCUT2D eigenvalue weighted by atomic mass is 16.2. The van der Waals surface area contributed by atoms with Crippen LogP contribution < -0.4 is 16.3 Å². The van der Waals surface area contributed by atoms with Crippen molar-refractivity contribution < 1.29 is 0 Å². The molecule has 0 aliphatic carbocycles. The lowest BCUT2D eigenvalue weighted by Crippen LogP contribution is -2.36. The first-order valence-corrected chi connectivity index (χ1v) is 9.72. The molecule has 2 N–H and O–H groups in total. The van der Waals surface area contributed by atoms with Gasteiger partial charge >= 0.3 is 5.69 Å².